The van der Waals surface area contributed by atoms with Crippen molar-refractivity contribution < 1.29 is 4.79 Å². The standard InChI is InChI=1S/C18H22ClN5O/c19-15-11-13(7-8-20-15)18(25)23-9-4-5-14(12-23)17-22-21-16-6-2-1-3-10-24(16)17/h7-8,11,14H,1-6,9-10,12H2. The van der Waals surface area contributed by atoms with Crippen LogP contribution in [0, 0.1) is 0 Å². The third-order valence-electron chi connectivity index (χ3n) is 5.19. The van der Waals surface area contributed by atoms with Crippen LogP contribution in [0.2, 0.25) is 5.15 Å². The van der Waals surface area contributed by atoms with E-state index in [2.05, 4.69) is 19.7 Å². The molecule has 2 aromatic heterocycles. The molecular formula is C18H22ClN5O. The maximum atomic E-state index is 12.8. The van der Waals surface area contributed by atoms with Crippen LogP contribution < -0.4 is 0 Å². The molecule has 2 aliphatic rings. The fraction of sp³-hybridized carbons (Fsp3) is 0.556. The molecule has 0 saturated carbocycles. The zero-order valence-electron chi connectivity index (χ0n) is 14.2. The van der Waals surface area contributed by atoms with Crippen LogP contribution in [0.1, 0.15) is 60.0 Å². The molecule has 2 aromatic rings. The molecule has 4 rings (SSSR count). The SMILES string of the molecule is O=C(c1ccnc(Cl)c1)N1CCCC(c2nnc3n2CCCCC3)C1. The first kappa shape index (κ1) is 16.5. The Kier molecular flexibility index (Phi) is 4.70. The van der Waals surface area contributed by atoms with Gasteiger partial charge in [-0.05, 0) is 37.8 Å². The van der Waals surface area contributed by atoms with Crippen molar-refractivity contribution in [1.29, 1.82) is 0 Å². The molecule has 1 fully saturated rings. The lowest BCUT2D eigenvalue weighted by atomic mass is 9.96. The maximum Gasteiger partial charge on any atom is 0.254 e. The number of carbonyl (C=O) groups is 1. The van der Waals surface area contributed by atoms with Gasteiger partial charge in [0.1, 0.15) is 16.8 Å². The number of aryl methyl sites for hydroxylation is 1. The van der Waals surface area contributed by atoms with Gasteiger partial charge >= 0.3 is 0 Å². The summed E-state index contributed by atoms with van der Waals surface area (Å²) in [5.74, 6) is 2.44. The van der Waals surface area contributed by atoms with Crippen LogP contribution >= 0.6 is 11.6 Å². The van der Waals surface area contributed by atoms with Crippen LogP contribution in [0.25, 0.3) is 0 Å². The lowest BCUT2D eigenvalue weighted by Crippen LogP contribution is -2.39. The first-order valence-electron chi connectivity index (χ1n) is 9.05. The Bertz CT molecular complexity index is 775. The van der Waals surface area contributed by atoms with E-state index in [1.165, 1.54) is 19.3 Å². The van der Waals surface area contributed by atoms with Gasteiger partial charge in [-0.3, -0.25) is 4.79 Å². The molecule has 0 radical (unpaired) electrons. The molecule has 25 heavy (non-hydrogen) atoms. The number of rotatable bonds is 2. The normalized spacial score (nSPS) is 20.8. The van der Waals surface area contributed by atoms with E-state index >= 15 is 0 Å². The summed E-state index contributed by atoms with van der Waals surface area (Å²) in [5.41, 5.74) is 0.598. The Morgan fingerprint density at radius 3 is 2.96 bits per heavy atom. The van der Waals surface area contributed by atoms with Gasteiger partial charge in [-0.15, -0.1) is 10.2 Å². The summed E-state index contributed by atoms with van der Waals surface area (Å²) < 4.78 is 2.30. The largest absolute Gasteiger partial charge is 0.338 e. The Hall–Kier alpha value is -1.95. The van der Waals surface area contributed by atoms with E-state index in [9.17, 15) is 4.79 Å². The number of piperidine rings is 1. The number of hydrogen-bond donors (Lipinski definition) is 0. The van der Waals surface area contributed by atoms with Crippen LogP contribution in [-0.2, 0) is 13.0 Å². The second kappa shape index (κ2) is 7.12. The van der Waals surface area contributed by atoms with Crippen LogP contribution in [-0.4, -0.2) is 43.6 Å². The minimum Gasteiger partial charge on any atom is -0.338 e. The average Bonchev–Trinajstić information content (AvgIpc) is 2.90. The lowest BCUT2D eigenvalue weighted by Gasteiger charge is -2.32. The fourth-order valence-electron chi connectivity index (χ4n) is 3.90. The highest BCUT2D eigenvalue weighted by Crippen LogP contribution is 2.28. The molecule has 1 amide bonds. The minimum atomic E-state index is 0.0182. The van der Waals surface area contributed by atoms with E-state index in [1.807, 2.05) is 4.90 Å². The van der Waals surface area contributed by atoms with Gasteiger partial charge in [0.05, 0.1) is 0 Å². The number of likely N-dealkylation sites (tertiary alicyclic amines) is 1. The summed E-state index contributed by atoms with van der Waals surface area (Å²) in [6, 6.07) is 3.36. The fourth-order valence-corrected chi connectivity index (χ4v) is 4.07. The molecule has 0 aromatic carbocycles. The van der Waals surface area contributed by atoms with Gasteiger partial charge in [0.15, 0.2) is 0 Å². The van der Waals surface area contributed by atoms with Crippen molar-refractivity contribution in [1.82, 2.24) is 24.6 Å². The number of halogens is 1. The Morgan fingerprint density at radius 2 is 2.08 bits per heavy atom. The monoisotopic (exact) mass is 359 g/mol. The van der Waals surface area contributed by atoms with Gasteiger partial charge in [-0.2, -0.15) is 0 Å². The number of pyridine rings is 1. The van der Waals surface area contributed by atoms with Gasteiger partial charge in [-0.1, -0.05) is 18.0 Å². The summed E-state index contributed by atoms with van der Waals surface area (Å²) in [6.45, 7) is 2.47. The molecule has 0 aliphatic carbocycles. The third kappa shape index (κ3) is 3.40. The summed E-state index contributed by atoms with van der Waals surface area (Å²) in [4.78, 5) is 18.7. The Balaban J connectivity index is 1.53. The predicted molar refractivity (Wildman–Crippen MR) is 94.7 cm³/mol. The molecule has 1 unspecified atom stereocenters. The number of aromatic nitrogens is 4. The van der Waals surface area contributed by atoms with E-state index in [1.54, 1.807) is 18.3 Å². The van der Waals surface area contributed by atoms with Crippen molar-refractivity contribution >= 4 is 17.5 Å². The maximum absolute atomic E-state index is 12.8. The summed E-state index contributed by atoms with van der Waals surface area (Å²) in [7, 11) is 0. The molecule has 7 heteroatoms. The quantitative estimate of drug-likeness (QED) is 0.773. The van der Waals surface area contributed by atoms with Crippen molar-refractivity contribution in [3.05, 3.63) is 40.7 Å². The highest BCUT2D eigenvalue weighted by molar-refractivity contribution is 6.29. The number of nitrogens with zero attached hydrogens (tertiary/aromatic N) is 5. The summed E-state index contributed by atoms with van der Waals surface area (Å²) in [5, 5.41) is 9.25. The van der Waals surface area contributed by atoms with Gasteiger partial charge in [0, 0.05) is 43.7 Å². The van der Waals surface area contributed by atoms with E-state index in [0.717, 1.165) is 44.0 Å². The second-order valence-corrected chi connectivity index (χ2v) is 7.28. The third-order valence-corrected chi connectivity index (χ3v) is 5.39. The van der Waals surface area contributed by atoms with E-state index in [0.29, 0.717) is 17.3 Å². The van der Waals surface area contributed by atoms with Crippen LogP contribution in [0.4, 0.5) is 0 Å². The number of fused-ring (bicyclic) bond motifs is 1. The zero-order valence-corrected chi connectivity index (χ0v) is 15.0. The minimum absolute atomic E-state index is 0.0182. The molecule has 1 saturated heterocycles. The number of hydrogen-bond acceptors (Lipinski definition) is 4. The highest BCUT2D eigenvalue weighted by Gasteiger charge is 2.30. The lowest BCUT2D eigenvalue weighted by molar-refractivity contribution is 0.0703. The highest BCUT2D eigenvalue weighted by atomic mass is 35.5. The molecule has 1 atom stereocenters. The molecule has 6 nitrogen and oxygen atoms in total. The Labute approximate surface area is 152 Å². The van der Waals surface area contributed by atoms with Crippen molar-refractivity contribution in [3.63, 3.8) is 0 Å². The van der Waals surface area contributed by atoms with Crippen molar-refractivity contribution in [2.45, 2.75) is 51.0 Å². The molecule has 0 spiro atoms. The smallest absolute Gasteiger partial charge is 0.254 e. The topological polar surface area (TPSA) is 63.9 Å². The van der Waals surface area contributed by atoms with Gasteiger partial charge in [-0.25, -0.2) is 4.98 Å². The van der Waals surface area contributed by atoms with Crippen molar-refractivity contribution in [2.24, 2.45) is 0 Å². The molecule has 0 N–H and O–H groups in total. The van der Waals surface area contributed by atoms with Gasteiger partial charge < -0.3 is 9.47 Å². The van der Waals surface area contributed by atoms with E-state index in [4.69, 9.17) is 11.6 Å². The zero-order chi connectivity index (χ0) is 17.2. The van der Waals surface area contributed by atoms with E-state index in [-0.39, 0.29) is 11.8 Å². The number of carbonyl (C=O) groups excluding carboxylic acids is 1. The molecular weight excluding hydrogens is 338 g/mol. The van der Waals surface area contributed by atoms with Crippen LogP contribution in [0.15, 0.2) is 18.3 Å². The van der Waals surface area contributed by atoms with Crippen LogP contribution in [0.5, 0.6) is 0 Å². The molecule has 132 valence electrons. The van der Waals surface area contributed by atoms with Gasteiger partial charge in [0.25, 0.3) is 5.91 Å². The second-order valence-electron chi connectivity index (χ2n) is 6.89. The van der Waals surface area contributed by atoms with Crippen molar-refractivity contribution in [2.75, 3.05) is 13.1 Å². The summed E-state index contributed by atoms with van der Waals surface area (Å²) >= 11 is 5.93. The summed E-state index contributed by atoms with van der Waals surface area (Å²) in [6.07, 6.45) is 8.25. The van der Waals surface area contributed by atoms with Crippen molar-refractivity contribution in [3.8, 4) is 0 Å². The number of amides is 1. The molecule has 2 aliphatic heterocycles. The Morgan fingerprint density at radius 1 is 1.16 bits per heavy atom. The first-order chi connectivity index (χ1) is 12.2. The predicted octanol–water partition coefficient (Wildman–Crippen LogP) is 3.07. The van der Waals surface area contributed by atoms with Gasteiger partial charge in [0.2, 0.25) is 0 Å². The first-order valence-corrected chi connectivity index (χ1v) is 9.43. The molecule has 0 bridgehead atoms. The van der Waals surface area contributed by atoms with Crippen LogP contribution in [0.3, 0.4) is 0 Å². The van der Waals surface area contributed by atoms with E-state index < -0.39 is 0 Å². The average molecular weight is 360 g/mol. The molecule has 4 heterocycles.